The van der Waals surface area contributed by atoms with Gasteiger partial charge >= 0.3 is 0 Å². The molecule has 192 valence electrons. The van der Waals surface area contributed by atoms with E-state index in [1.165, 1.54) is 51.4 Å². The van der Waals surface area contributed by atoms with Crippen molar-refractivity contribution in [2.75, 3.05) is 85.1 Å². The molecular weight excluding hydrogens is 400 g/mol. The minimum atomic E-state index is 0.140. The Balaban J connectivity index is 3.36. The number of hydrogen-bond acceptors (Lipinski definition) is 7. The molecule has 0 aliphatic heterocycles. The summed E-state index contributed by atoms with van der Waals surface area (Å²) in [6.07, 6.45) is 11.9. The molecule has 0 radical (unpaired) electrons. The van der Waals surface area contributed by atoms with E-state index in [1.54, 1.807) is 0 Å². The van der Waals surface area contributed by atoms with Crippen molar-refractivity contribution in [2.24, 2.45) is 0 Å². The van der Waals surface area contributed by atoms with Gasteiger partial charge in [0.15, 0.2) is 0 Å². The van der Waals surface area contributed by atoms with Crippen LogP contribution in [0.5, 0.6) is 0 Å². The third-order valence-corrected chi connectivity index (χ3v) is 5.42. The smallest absolute Gasteiger partial charge is 0.0654 e. The lowest BCUT2D eigenvalue weighted by Crippen LogP contribution is -2.24. The molecule has 32 heavy (non-hydrogen) atoms. The van der Waals surface area contributed by atoms with Crippen molar-refractivity contribution in [1.82, 2.24) is 31.9 Å². The normalized spacial score (nSPS) is 12.0. The third-order valence-electron chi connectivity index (χ3n) is 5.42. The van der Waals surface area contributed by atoms with E-state index in [0.717, 1.165) is 84.1 Å². The molecule has 0 heterocycles. The predicted molar refractivity (Wildman–Crippen MR) is 141 cm³/mol. The van der Waals surface area contributed by atoms with Gasteiger partial charge in [-0.2, -0.15) is 0 Å². The zero-order valence-electron chi connectivity index (χ0n) is 21.4. The first-order valence-corrected chi connectivity index (χ1v) is 13.4. The van der Waals surface area contributed by atoms with Gasteiger partial charge in [0.1, 0.15) is 0 Å². The summed E-state index contributed by atoms with van der Waals surface area (Å²) in [5.74, 6) is 0. The van der Waals surface area contributed by atoms with E-state index < -0.39 is 0 Å². The Kier molecular flexibility index (Phi) is 28.0. The van der Waals surface area contributed by atoms with Gasteiger partial charge in [0, 0.05) is 13.1 Å². The molecule has 0 atom stereocenters. The quantitative estimate of drug-likeness (QED) is 0.0746. The summed E-state index contributed by atoms with van der Waals surface area (Å²) in [6.45, 7) is 17.0. The molecule has 7 heteroatoms. The molecule has 0 aliphatic rings. The van der Waals surface area contributed by atoms with Crippen LogP contribution in [-0.2, 0) is 0 Å². The average Bonchev–Trinajstić information content (AvgIpc) is 2.81. The summed E-state index contributed by atoms with van der Waals surface area (Å²) in [7, 11) is 0. The van der Waals surface area contributed by atoms with E-state index in [-0.39, 0.29) is 6.61 Å². The number of nitrogens with one attached hydrogen (secondary N) is 6. The van der Waals surface area contributed by atoms with Gasteiger partial charge in [0.25, 0.3) is 0 Å². The van der Waals surface area contributed by atoms with Gasteiger partial charge in [-0.1, -0.05) is 19.9 Å². The summed E-state index contributed by atoms with van der Waals surface area (Å²) in [5, 5.41) is 30.2. The maximum absolute atomic E-state index is 9.53. The Labute approximate surface area is 199 Å². The summed E-state index contributed by atoms with van der Waals surface area (Å²) in [5.41, 5.74) is 1.08. The van der Waals surface area contributed by atoms with E-state index >= 15 is 0 Å². The molecule has 0 bridgehead atoms. The first-order valence-electron chi connectivity index (χ1n) is 13.4. The first kappa shape index (κ1) is 31.5. The van der Waals surface area contributed by atoms with Gasteiger partial charge in [-0.15, -0.1) is 0 Å². The Bertz CT molecular complexity index is 381. The Morgan fingerprint density at radius 3 is 1.31 bits per heavy atom. The van der Waals surface area contributed by atoms with E-state index in [9.17, 15) is 5.11 Å². The predicted octanol–water partition coefficient (Wildman–Crippen LogP) is 1.60. The molecular formula is C25H56N6O. The number of aliphatic hydroxyl groups is 1. The maximum Gasteiger partial charge on any atom is 0.0654 e. The molecule has 0 aromatic carbocycles. The van der Waals surface area contributed by atoms with Crippen LogP contribution in [0.25, 0.3) is 0 Å². The highest BCUT2D eigenvalue weighted by atomic mass is 16.3. The van der Waals surface area contributed by atoms with Gasteiger partial charge < -0.3 is 37.0 Å². The number of unbranched alkanes of at least 4 members (excludes halogenated alkanes) is 4. The number of aliphatic hydroxyl groups excluding tert-OH is 1. The topological polar surface area (TPSA) is 92.4 Å². The van der Waals surface area contributed by atoms with Gasteiger partial charge in [0.2, 0.25) is 0 Å². The Morgan fingerprint density at radius 1 is 0.531 bits per heavy atom. The van der Waals surface area contributed by atoms with Crippen LogP contribution in [0.3, 0.4) is 0 Å². The van der Waals surface area contributed by atoms with Crippen LogP contribution in [0.15, 0.2) is 11.6 Å². The average molecular weight is 457 g/mol. The molecule has 0 saturated carbocycles. The highest BCUT2D eigenvalue weighted by Gasteiger charge is 1.96. The van der Waals surface area contributed by atoms with Crippen LogP contribution in [0.4, 0.5) is 0 Å². The SMILES string of the molecule is CCNCCCCNCCCCNC/C=C(/CO)CNCCCCNCCCCNCC. The summed E-state index contributed by atoms with van der Waals surface area (Å²) >= 11 is 0. The van der Waals surface area contributed by atoms with Crippen molar-refractivity contribution in [1.29, 1.82) is 0 Å². The molecule has 0 fully saturated rings. The standard InChI is InChI=1S/C25H56N6O/c1-3-26-14-5-7-16-28-18-9-10-20-30-22-13-25(24-32)23-31-21-12-11-19-29-17-8-6-15-27-4-2/h13,26-32H,3-12,14-24H2,1-2H3/b25-13+. The maximum atomic E-state index is 9.53. The van der Waals surface area contributed by atoms with Gasteiger partial charge in [-0.3, -0.25) is 0 Å². The zero-order valence-corrected chi connectivity index (χ0v) is 21.4. The Morgan fingerprint density at radius 2 is 0.906 bits per heavy atom. The fourth-order valence-electron chi connectivity index (χ4n) is 3.36. The highest BCUT2D eigenvalue weighted by Crippen LogP contribution is 1.93. The molecule has 0 rings (SSSR count). The van der Waals surface area contributed by atoms with Gasteiger partial charge in [-0.25, -0.2) is 0 Å². The van der Waals surface area contributed by atoms with E-state index in [4.69, 9.17) is 0 Å². The second-order valence-corrected chi connectivity index (χ2v) is 8.44. The lowest BCUT2D eigenvalue weighted by molar-refractivity contribution is 0.326. The second kappa shape index (κ2) is 28.5. The lowest BCUT2D eigenvalue weighted by atomic mass is 10.2. The molecule has 0 spiro atoms. The van der Waals surface area contributed by atoms with Crippen LogP contribution in [-0.4, -0.2) is 90.3 Å². The molecule has 7 N–H and O–H groups in total. The molecule has 0 saturated heterocycles. The summed E-state index contributed by atoms with van der Waals surface area (Å²) < 4.78 is 0. The number of hydrogen-bond donors (Lipinski definition) is 7. The first-order chi connectivity index (χ1) is 15.8. The molecule has 0 aliphatic carbocycles. The van der Waals surface area contributed by atoms with E-state index in [0.29, 0.717) is 0 Å². The minimum Gasteiger partial charge on any atom is -0.392 e. The van der Waals surface area contributed by atoms with Crippen LogP contribution < -0.4 is 31.9 Å². The lowest BCUT2D eigenvalue weighted by Gasteiger charge is -2.09. The van der Waals surface area contributed by atoms with Crippen molar-refractivity contribution in [3.8, 4) is 0 Å². The van der Waals surface area contributed by atoms with Crippen molar-refractivity contribution in [2.45, 2.75) is 65.2 Å². The third kappa shape index (κ3) is 25.7. The monoisotopic (exact) mass is 456 g/mol. The van der Waals surface area contributed by atoms with Gasteiger partial charge in [0.05, 0.1) is 6.61 Å². The Hall–Kier alpha value is -0.540. The fourth-order valence-corrected chi connectivity index (χ4v) is 3.36. The van der Waals surface area contributed by atoms with Crippen molar-refractivity contribution < 1.29 is 5.11 Å². The van der Waals surface area contributed by atoms with Crippen LogP contribution >= 0.6 is 0 Å². The zero-order chi connectivity index (χ0) is 23.4. The van der Waals surface area contributed by atoms with Crippen LogP contribution in [0, 0.1) is 0 Å². The van der Waals surface area contributed by atoms with Gasteiger partial charge in [-0.05, 0) is 122 Å². The molecule has 0 aromatic rings. The molecule has 7 nitrogen and oxygen atoms in total. The summed E-state index contributed by atoms with van der Waals surface area (Å²) in [4.78, 5) is 0. The van der Waals surface area contributed by atoms with E-state index in [1.807, 2.05) is 0 Å². The number of rotatable bonds is 27. The van der Waals surface area contributed by atoms with Crippen LogP contribution in [0.1, 0.15) is 65.2 Å². The molecule has 0 aromatic heterocycles. The molecule has 0 unspecified atom stereocenters. The van der Waals surface area contributed by atoms with Crippen molar-refractivity contribution in [3.05, 3.63) is 11.6 Å². The second-order valence-electron chi connectivity index (χ2n) is 8.44. The minimum absolute atomic E-state index is 0.140. The fraction of sp³-hybridized carbons (Fsp3) is 0.920. The highest BCUT2D eigenvalue weighted by molar-refractivity contribution is 5.05. The van der Waals surface area contributed by atoms with Crippen LogP contribution in [0.2, 0.25) is 0 Å². The molecule has 0 amide bonds. The summed E-state index contributed by atoms with van der Waals surface area (Å²) in [6, 6.07) is 0. The van der Waals surface area contributed by atoms with Crippen molar-refractivity contribution >= 4 is 0 Å². The van der Waals surface area contributed by atoms with E-state index in [2.05, 4.69) is 51.8 Å². The van der Waals surface area contributed by atoms with Crippen molar-refractivity contribution in [3.63, 3.8) is 0 Å². The largest absolute Gasteiger partial charge is 0.392 e.